The van der Waals surface area contributed by atoms with E-state index in [9.17, 15) is 0 Å². The largest absolute Gasteiger partial charge is 0.310 e. The maximum Gasteiger partial charge on any atom is 0.0562 e. The fraction of sp³-hybridized carbons (Fsp3) is 0. The van der Waals surface area contributed by atoms with Gasteiger partial charge in [0.2, 0.25) is 0 Å². The minimum atomic E-state index is 1.10. The van der Waals surface area contributed by atoms with Crippen LogP contribution in [0.1, 0.15) is 0 Å². The third-order valence-electron chi connectivity index (χ3n) is 12.3. The summed E-state index contributed by atoms with van der Waals surface area (Å²) >= 11 is 0. The van der Waals surface area contributed by atoms with Crippen LogP contribution in [0.4, 0.5) is 17.1 Å². The smallest absolute Gasteiger partial charge is 0.0562 e. The third-order valence-corrected chi connectivity index (χ3v) is 12.3. The molecule has 12 aromatic rings. The molecule has 0 spiro atoms. The Kier molecular flexibility index (Phi) is 7.89. The van der Waals surface area contributed by atoms with Crippen LogP contribution < -0.4 is 4.90 Å². The van der Waals surface area contributed by atoms with Crippen molar-refractivity contribution in [1.82, 2.24) is 4.57 Å². The Balaban J connectivity index is 1.20. The van der Waals surface area contributed by atoms with Crippen molar-refractivity contribution in [2.24, 2.45) is 0 Å². The first-order valence-electron chi connectivity index (χ1n) is 20.7. The molecule has 1 heterocycles. The lowest BCUT2D eigenvalue weighted by Gasteiger charge is -2.28. The van der Waals surface area contributed by atoms with Gasteiger partial charge in [0.05, 0.1) is 22.4 Å². The van der Waals surface area contributed by atoms with Crippen molar-refractivity contribution < 1.29 is 0 Å². The van der Waals surface area contributed by atoms with Gasteiger partial charge in [0.1, 0.15) is 0 Å². The summed E-state index contributed by atoms with van der Waals surface area (Å²) in [6.07, 6.45) is 0. The van der Waals surface area contributed by atoms with Crippen molar-refractivity contribution in [3.8, 4) is 27.9 Å². The SMILES string of the molecule is c1ccc(-c2c(-c3ccccc3)c3cc(N(c4ccc5ccccc5c4)c4cccc5c4c4ccccc4n5-c4cccc5ccccc45)ccc3c3ccccc23)cc1. The second-order valence-electron chi connectivity index (χ2n) is 15.6. The molecule has 11 aromatic carbocycles. The van der Waals surface area contributed by atoms with Crippen molar-refractivity contribution >= 4 is 82.0 Å². The van der Waals surface area contributed by atoms with Gasteiger partial charge in [0.15, 0.2) is 0 Å². The summed E-state index contributed by atoms with van der Waals surface area (Å²) in [6.45, 7) is 0. The van der Waals surface area contributed by atoms with Gasteiger partial charge >= 0.3 is 0 Å². The molecule has 12 rings (SSSR count). The van der Waals surface area contributed by atoms with Gasteiger partial charge in [-0.15, -0.1) is 0 Å². The van der Waals surface area contributed by atoms with Crippen LogP contribution in [0.5, 0.6) is 0 Å². The van der Waals surface area contributed by atoms with Gasteiger partial charge in [-0.1, -0.05) is 182 Å². The minimum Gasteiger partial charge on any atom is -0.310 e. The van der Waals surface area contributed by atoms with Crippen LogP contribution in [0.25, 0.3) is 92.8 Å². The number of hydrogen-bond donors (Lipinski definition) is 0. The minimum absolute atomic E-state index is 1.10. The summed E-state index contributed by atoms with van der Waals surface area (Å²) in [5, 5.41) is 12.2. The molecule has 0 radical (unpaired) electrons. The van der Waals surface area contributed by atoms with Gasteiger partial charge in [-0.3, -0.25) is 0 Å². The summed E-state index contributed by atoms with van der Waals surface area (Å²) in [6, 6.07) is 84.4. The first-order chi connectivity index (χ1) is 29.8. The molecule has 60 heavy (non-hydrogen) atoms. The number of hydrogen-bond acceptors (Lipinski definition) is 1. The predicted octanol–water partition coefficient (Wildman–Crippen LogP) is 16.2. The van der Waals surface area contributed by atoms with Gasteiger partial charge in [-0.25, -0.2) is 0 Å². The summed E-state index contributed by atoms with van der Waals surface area (Å²) in [4.78, 5) is 2.49. The first kappa shape index (κ1) is 34.1. The zero-order valence-corrected chi connectivity index (χ0v) is 32.8. The van der Waals surface area contributed by atoms with Gasteiger partial charge in [-0.2, -0.15) is 0 Å². The highest BCUT2D eigenvalue weighted by atomic mass is 15.1. The molecular formula is C58H38N2. The number of aromatic nitrogens is 1. The number of benzene rings is 11. The topological polar surface area (TPSA) is 8.17 Å². The predicted molar refractivity (Wildman–Crippen MR) is 256 cm³/mol. The molecule has 1 aromatic heterocycles. The van der Waals surface area contributed by atoms with Crippen LogP contribution >= 0.6 is 0 Å². The summed E-state index contributed by atoms with van der Waals surface area (Å²) < 4.78 is 2.46. The monoisotopic (exact) mass is 762 g/mol. The maximum absolute atomic E-state index is 2.49. The fourth-order valence-corrected chi connectivity index (χ4v) is 9.72. The van der Waals surface area contributed by atoms with E-state index in [-0.39, 0.29) is 0 Å². The van der Waals surface area contributed by atoms with Crippen LogP contribution in [-0.2, 0) is 0 Å². The fourth-order valence-electron chi connectivity index (χ4n) is 9.72. The molecule has 0 saturated heterocycles. The van der Waals surface area contributed by atoms with E-state index < -0.39 is 0 Å². The van der Waals surface area contributed by atoms with E-state index in [0.717, 1.165) is 17.1 Å². The van der Waals surface area contributed by atoms with Crippen molar-refractivity contribution in [1.29, 1.82) is 0 Å². The molecule has 0 unspecified atom stereocenters. The van der Waals surface area contributed by atoms with E-state index in [1.807, 2.05) is 0 Å². The molecule has 0 atom stereocenters. The maximum atomic E-state index is 2.49. The zero-order chi connectivity index (χ0) is 39.6. The number of nitrogens with zero attached hydrogens (tertiary/aromatic N) is 2. The van der Waals surface area contributed by atoms with E-state index in [1.54, 1.807) is 0 Å². The molecule has 0 aliphatic carbocycles. The van der Waals surface area contributed by atoms with Crippen molar-refractivity contribution in [2.75, 3.05) is 4.90 Å². The Morgan fingerprint density at radius 3 is 1.62 bits per heavy atom. The molecule has 0 saturated carbocycles. The number of para-hydroxylation sites is 1. The Morgan fingerprint density at radius 2 is 0.833 bits per heavy atom. The van der Waals surface area contributed by atoms with Gasteiger partial charge in [0, 0.05) is 27.5 Å². The Morgan fingerprint density at radius 1 is 0.300 bits per heavy atom. The number of fused-ring (bicyclic) bond motifs is 8. The van der Waals surface area contributed by atoms with E-state index in [4.69, 9.17) is 0 Å². The number of rotatable bonds is 6. The molecule has 2 nitrogen and oxygen atoms in total. The van der Waals surface area contributed by atoms with Crippen LogP contribution in [0.2, 0.25) is 0 Å². The summed E-state index contributed by atoms with van der Waals surface area (Å²) in [5.41, 5.74) is 11.7. The van der Waals surface area contributed by atoms with Gasteiger partial charge < -0.3 is 9.47 Å². The van der Waals surface area contributed by atoms with Crippen LogP contribution in [-0.4, -0.2) is 4.57 Å². The van der Waals surface area contributed by atoms with Crippen LogP contribution in [0.15, 0.2) is 231 Å². The van der Waals surface area contributed by atoms with Crippen LogP contribution in [0.3, 0.4) is 0 Å². The standard InChI is InChI=1S/C58H38N2/c1-3-19-41(20-4-1)56-49-27-12-11-26-47(49)48-36-35-45(38-51(48)57(56)42-21-5-2-6-22-42)59(44-34-33-39-17-7-8-23-43(39)37-44)54-31-16-32-55-58(54)50-28-13-14-29-53(50)60(55)52-30-15-24-40-18-9-10-25-46(40)52/h1-38H. The Bertz CT molecular complexity index is 3600. The van der Waals surface area contributed by atoms with E-state index in [1.165, 1.54) is 92.8 Å². The lowest BCUT2D eigenvalue weighted by atomic mass is 9.85. The van der Waals surface area contributed by atoms with E-state index >= 15 is 0 Å². The molecule has 0 fully saturated rings. The van der Waals surface area contributed by atoms with Crippen molar-refractivity contribution in [2.45, 2.75) is 0 Å². The second kappa shape index (κ2) is 13.9. The average Bonchev–Trinajstić information content (AvgIpc) is 3.66. The molecule has 280 valence electrons. The second-order valence-corrected chi connectivity index (χ2v) is 15.6. The normalized spacial score (nSPS) is 11.7. The van der Waals surface area contributed by atoms with Crippen molar-refractivity contribution in [3.63, 3.8) is 0 Å². The molecule has 0 amide bonds. The lowest BCUT2D eigenvalue weighted by Crippen LogP contribution is -2.10. The zero-order valence-electron chi connectivity index (χ0n) is 32.8. The molecule has 0 aliphatic rings. The van der Waals surface area contributed by atoms with E-state index in [0.29, 0.717) is 0 Å². The van der Waals surface area contributed by atoms with Gasteiger partial charge in [-0.05, 0) is 108 Å². The molecule has 0 bridgehead atoms. The third kappa shape index (κ3) is 5.35. The first-order valence-corrected chi connectivity index (χ1v) is 20.7. The average molecular weight is 763 g/mol. The highest BCUT2D eigenvalue weighted by Crippen LogP contribution is 2.49. The summed E-state index contributed by atoms with van der Waals surface area (Å²) in [7, 11) is 0. The van der Waals surface area contributed by atoms with Crippen LogP contribution in [0, 0.1) is 0 Å². The quantitative estimate of drug-likeness (QED) is 0.153. The highest BCUT2D eigenvalue weighted by Gasteiger charge is 2.24. The van der Waals surface area contributed by atoms with E-state index in [2.05, 4.69) is 240 Å². The summed E-state index contributed by atoms with van der Waals surface area (Å²) in [5.74, 6) is 0. The van der Waals surface area contributed by atoms with Gasteiger partial charge in [0.25, 0.3) is 0 Å². The molecular weight excluding hydrogens is 725 g/mol. The lowest BCUT2D eigenvalue weighted by molar-refractivity contribution is 1.20. The molecule has 2 heteroatoms. The molecule has 0 aliphatic heterocycles. The van der Waals surface area contributed by atoms with Crippen molar-refractivity contribution in [3.05, 3.63) is 231 Å². The Hall–Kier alpha value is -7.94. The highest BCUT2D eigenvalue weighted by molar-refractivity contribution is 6.23. The number of anilines is 3. The molecule has 0 N–H and O–H groups in total. The Labute approximate surface area is 348 Å².